The Labute approximate surface area is 171 Å². The summed E-state index contributed by atoms with van der Waals surface area (Å²) >= 11 is 0. The third-order valence-electron chi connectivity index (χ3n) is 5.16. The summed E-state index contributed by atoms with van der Waals surface area (Å²) in [6.45, 7) is 5.43. The molecule has 0 bridgehead atoms. The molecule has 1 saturated heterocycles. The number of hydrogen-bond acceptors (Lipinski definition) is 4. The van der Waals surface area contributed by atoms with Crippen molar-refractivity contribution < 1.29 is 31.9 Å². The van der Waals surface area contributed by atoms with Crippen molar-refractivity contribution in [1.82, 2.24) is 16.0 Å². The Morgan fingerprint density at radius 1 is 1.23 bits per heavy atom. The molecule has 1 aromatic carbocycles. The molecule has 0 radical (unpaired) electrons. The summed E-state index contributed by atoms with van der Waals surface area (Å²) in [5.74, 6) is -2.47. The summed E-state index contributed by atoms with van der Waals surface area (Å²) in [6.07, 6.45) is -3.35. The van der Waals surface area contributed by atoms with Crippen LogP contribution in [-0.2, 0) is 9.59 Å². The molecule has 2 aliphatic rings. The molecule has 166 valence electrons. The monoisotopic (exact) mass is 431 g/mol. The van der Waals surface area contributed by atoms with Crippen LogP contribution in [0.1, 0.15) is 51.6 Å². The maximum atomic E-state index is 14.2. The minimum Gasteiger partial charge on any atom is -0.403 e. The number of alkyl halides is 3. The lowest BCUT2D eigenvalue weighted by atomic mass is 9.82. The Balaban J connectivity index is 1.77. The zero-order valence-electron chi connectivity index (χ0n) is 16.9. The number of carbonyl (C=O) groups is 2. The van der Waals surface area contributed by atoms with Crippen LogP contribution < -0.4 is 20.7 Å². The minimum atomic E-state index is -5.01. The van der Waals surface area contributed by atoms with E-state index in [1.165, 1.54) is 6.07 Å². The van der Waals surface area contributed by atoms with Gasteiger partial charge in [-0.3, -0.25) is 14.9 Å². The molecule has 1 heterocycles. The second-order valence-corrected chi connectivity index (χ2v) is 8.85. The summed E-state index contributed by atoms with van der Waals surface area (Å²) in [5.41, 5.74) is -0.289. The van der Waals surface area contributed by atoms with Gasteiger partial charge in [0.25, 0.3) is 0 Å². The van der Waals surface area contributed by atoms with Crippen molar-refractivity contribution in [1.29, 1.82) is 0 Å². The van der Waals surface area contributed by atoms with E-state index in [0.29, 0.717) is 11.5 Å². The van der Waals surface area contributed by atoms with Crippen molar-refractivity contribution in [3.05, 3.63) is 29.6 Å². The number of rotatable bonds is 5. The van der Waals surface area contributed by atoms with Crippen LogP contribution >= 0.6 is 0 Å². The number of halogens is 4. The van der Waals surface area contributed by atoms with Crippen LogP contribution in [0.3, 0.4) is 0 Å². The van der Waals surface area contributed by atoms with E-state index in [9.17, 15) is 27.2 Å². The highest BCUT2D eigenvalue weighted by molar-refractivity contribution is 5.89. The van der Waals surface area contributed by atoms with Crippen LogP contribution in [0.25, 0.3) is 0 Å². The standard InChI is InChI=1S/C20H25F4N3O3/c1-19(2,3)16(11-6-7-14(12(21)8-11)30-20(22,23)24)27-18(29)13-9-15(28)26-17(25-13)10-4-5-10/h6-8,10,13,16-17,25H,4-5,9H2,1-3H3,(H,26,28)(H,27,29)/t13?,16-,17?/m0/s1. The van der Waals surface area contributed by atoms with Gasteiger partial charge in [-0.1, -0.05) is 26.8 Å². The first kappa shape index (κ1) is 22.3. The topological polar surface area (TPSA) is 79.5 Å². The van der Waals surface area contributed by atoms with Gasteiger partial charge in [0, 0.05) is 0 Å². The Morgan fingerprint density at radius 3 is 2.43 bits per heavy atom. The van der Waals surface area contributed by atoms with E-state index in [1.54, 1.807) is 0 Å². The summed E-state index contributed by atoms with van der Waals surface area (Å²) in [6, 6.07) is 1.65. The molecular formula is C20H25F4N3O3. The zero-order chi connectivity index (χ0) is 22.3. The molecule has 0 spiro atoms. The van der Waals surface area contributed by atoms with Gasteiger partial charge in [0.1, 0.15) is 0 Å². The van der Waals surface area contributed by atoms with Gasteiger partial charge < -0.3 is 15.4 Å². The van der Waals surface area contributed by atoms with Crippen LogP contribution in [0, 0.1) is 17.2 Å². The molecule has 2 fully saturated rings. The SMILES string of the molecule is CC(C)(C)[C@@H](NC(=O)C1CC(=O)NC(C2CC2)N1)c1ccc(OC(F)(F)F)c(F)c1. The predicted octanol–water partition coefficient (Wildman–Crippen LogP) is 3.14. The van der Waals surface area contributed by atoms with E-state index in [0.717, 1.165) is 25.0 Å². The molecule has 3 N–H and O–H groups in total. The highest BCUT2D eigenvalue weighted by atomic mass is 19.4. The second-order valence-electron chi connectivity index (χ2n) is 8.85. The van der Waals surface area contributed by atoms with Crippen molar-refractivity contribution in [3.63, 3.8) is 0 Å². The van der Waals surface area contributed by atoms with Gasteiger partial charge in [-0.25, -0.2) is 4.39 Å². The number of nitrogens with one attached hydrogen (secondary N) is 3. The normalized spacial score (nSPS) is 23.5. The summed E-state index contributed by atoms with van der Waals surface area (Å²) in [5, 5.41) is 8.79. The number of amides is 2. The van der Waals surface area contributed by atoms with E-state index in [2.05, 4.69) is 20.7 Å². The average molecular weight is 431 g/mol. The first-order valence-corrected chi connectivity index (χ1v) is 9.74. The summed E-state index contributed by atoms with van der Waals surface area (Å²) < 4.78 is 55.0. The second kappa shape index (κ2) is 8.05. The van der Waals surface area contributed by atoms with Gasteiger partial charge in [0.2, 0.25) is 11.8 Å². The third-order valence-corrected chi connectivity index (χ3v) is 5.16. The highest BCUT2D eigenvalue weighted by Gasteiger charge is 2.40. The first-order chi connectivity index (χ1) is 13.8. The highest BCUT2D eigenvalue weighted by Crippen LogP contribution is 2.36. The van der Waals surface area contributed by atoms with E-state index >= 15 is 0 Å². The molecule has 2 amide bonds. The predicted molar refractivity (Wildman–Crippen MR) is 99.6 cm³/mol. The number of ether oxygens (including phenoxy) is 1. The van der Waals surface area contributed by atoms with E-state index in [4.69, 9.17) is 0 Å². The third kappa shape index (κ3) is 5.62. The van der Waals surface area contributed by atoms with Crippen molar-refractivity contribution in [2.45, 2.75) is 64.6 Å². The molecule has 2 unspecified atom stereocenters. The largest absolute Gasteiger partial charge is 0.573 e. The molecular weight excluding hydrogens is 406 g/mol. The first-order valence-electron chi connectivity index (χ1n) is 9.74. The molecule has 1 saturated carbocycles. The van der Waals surface area contributed by atoms with E-state index in [1.807, 2.05) is 20.8 Å². The lowest BCUT2D eigenvalue weighted by Crippen LogP contribution is -2.62. The number of hydrogen-bond donors (Lipinski definition) is 3. The van der Waals surface area contributed by atoms with Crippen LogP contribution in [0.4, 0.5) is 17.6 Å². The Hall–Kier alpha value is -2.36. The van der Waals surface area contributed by atoms with Gasteiger partial charge in [-0.2, -0.15) is 0 Å². The lowest BCUT2D eigenvalue weighted by molar-refractivity contribution is -0.275. The molecule has 1 aliphatic heterocycles. The zero-order valence-corrected chi connectivity index (χ0v) is 16.9. The van der Waals surface area contributed by atoms with Crippen molar-refractivity contribution >= 4 is 11.8 Å². The van der Waals surface area contributed by atoms with Gasteiger partial charge in [-0.05, 0) is 41.9 Å². The minimum absolute atomic E-state index is 0.0291. The smallest absolute Gasteiger partial charge is 0.403 e. The lowest BCUT2D eigenvalue weighted by Gasteiger charge is -2.36. The van der Waals surface area contributed by atoms with Crippen LogP contribution in [-0.4, -0.2) is 30.4 Å². The van der Waals surface area contributed by atoms with E-state index < -0.39 is 41.3 Å². The summed E-state index contributed by atoms with van der Waals surface area (Å²) in [4.78, 5) is 24.9. The molecule has 3 atom stereocenters. The fourth-order valence-corrected chi connectivity index (χ4v) is 3.53. The van der Waals surface area contributed by atoms with Crippen molar-refractivity contribution in [2.75, 3.05) is 0 Å². The van der Waals surface area contributed by atoms with Gasteiger partial charge >= 0.3 is 6.36 Å². The Kier molecular flexibility index (Phi) is 5.99. The Bertz CT molecular complexity index is 818. The van der Waals surface area contributed by atoms with Crippen LogP contribution in [0.5, 0.6) is 5.75 Å². The van der Waals surface area contributed by atoms with E-state index in [-0.39, 0.29) is 18.5 Å². The van der Waals surface area contributed by atoms with Crippen LogP contribution in [0.15, 0.2) is 18.2 Å². The molecule has 0 aromatic heterocycles. The van der Waals surface area contributed by atoms with Crippen molar-refractivity contribution in [2.24, 2.45) is 11.3 Å². The molecule has 10 heteroatoms. The molecule has 1 aliphatic carbocycles. The van der Waals surface area contributed by atoms with Crippen molar-refractivity contribution in [3.8, 4) is 5.75 Å². The summed E-state index contributed by atoms with van der Waals surface area (Å²) in [7, 11) is 0. The van der Waals surface area contributed by atoms with Crippen LogP contribution in [0.2, 0.25) is 0 Å². The molecule has 30 heavy (non-hydrogen) atoms. The molecule has 3 rings (SSSR count). The average Bonchev–Trinajstić information content (AvgIpc) is 3.44. The number of benzene rings is 1. The maximum Gasteiger partial charge on any atom is 0.573 e. The fourth-order valence-electron chi connectivity index (χ4n) is 3.53. The fraction of sp³-hybridized carbons (Fsp3) is 0.600. The van der Waals surface area contributed by atoms with Gasteiger partial charge in [-0.15, -0.1) is 13.2 Å². The molecule has 1 aromatic rings. The van der Waals surface area contributed by atoms with Gasteiger partial charge in [0.15, 0.2) is 11.6 Å². The molecule has 6 nitrogen and oxygen atoms in total. The Morgan fingerprint density at radius 2 is 1.90 bits per heavy atom. The quantitative estimate of drug-likeness (QED) is 0.626. The van der Waals surface area contributed by atoms with Gasteiger partial charge in [0.05, 0.1) is 24.7 Å². The number of carbonyl (C=O) groups excluding carboxylic acids is 2. The maximum absolute atomic E-state index is 14.2.